The molecule has 0 fully saturated rings. The third-order valence-corrected chi connectivity index (χ3v) is 3.91. The van der Waals surface area contributed by atoms with Gasteiger partial charge < -0.3 is 14.8 Å². The van der Waals surface area contributed by atoms with Crippen LogP contribution in [0.2, 0.25) is 0 Å². The minimum absolute atomic E-state index is 0.0610. The van der Waals surface area contributed by atoms with Crippen LogP contribution in [-0.2, 0) is 4.79 Å². The van der Waals surface area contributed by atoms with E-state index in [0.717, 1.165) is 27.8 Å². The van der Waals surface area contributed by atoms with Crippen molar-refractivity contribution in [3.8, 4) is 11.5 Å². The fourth-order valence-corrected chi connectivity index (χ4v) is 2.69. The van der Waals surface area contributed by atoms with Gasteiger partial charge in [0, 0.05) is 23.3 Å². The van der Waals surface area contributed by atoms with Crippen LogP contribution in [0, 0.1) is 0 Å². The number of rotatable bonds is 8. The minimum atomic E-state index is -0.0610. The van der Waals surface area contributed by atoms with E-state index >= 15 is 0 Å². The lowest BCUT2D eigenvalue weighted by Crippen LogP contribution is -2.05. The highest BCUT2D eigenvalue weighted by atomic mass is 32.2. The Bertz CT molecular complexity index is 611. The number of ether oxygens (including phenoxy) is 2. The summed E-state index contributed by atoms with van der Waals surface area (Å²) in [5.41, 5.74) is 0.812. The topological polar surface area (TPSA) is 47.6 Å². The molecule has 0 spiro atoms. The van der Waals surface area contributed by atoms with E-state index in [0.29, 0.717) is 13.2 Å². The van der Waals surface area contributed by atoms with Crippen LogP contribution in [0.3, 0.4) is 0 Å². The van der Waals surface area contributed by atoms with Crippen molar-refractivity contribution in [1.29, 1.82) is 0 Å². The molecular formula is C18H21NO3S. The maximum atomic E-state index is 11.0. The second kappa shape index (κ2) is 9.10. The lowest BCUT2D eigenvalue weighted by molar-refractivity contribution is -0.114. The van der Waals surface area contributed by atoms with Gasteiger partial charge in [-0.25, -0.2) is 0 Å². The zero-order valence-corrected chi connectivity index (χ0v) is 14.2. The second-order valence-corrected chi connectivity index (χ2v) is 5.98. The molecule has 0 heterocycles. The monoisotopic (exact) mass is 331 g/mol. The van der Waals surface area contributed by atoms with Gasteiger partial charge in [0.1, 0.15) is 11.5 Å². The number of anilines is 1. The Morgan fingerprint density at radius 1 is 1.00 bits per heavy atom. The van der Waals surface area contributed by atoms with E-state index in [4.69, 9.17) is 9.47 Å². The van der Waals surface area contributed by atoms with E-state index in [1.54, 1.807) is 11.8 Å². The predicted octanol–water partition coefficient (Wildman–Crippen LogP) is 4.21. The number of thioether (sulfide) groups is 1. The Balaban J connectivity index is 1.71. The SMILES string of the molecule is CCOc1ccc(OCCSc2ccc(NC(C)=O)cc2)cc1. The molecule has 0 aliphatic carbocycles. The Morgan fingerprint density at radius 2 is 1.61 bits per heavy atom. The van der Waals surface area contributed by atoms with Gasteiger partial charge in [0.15, 0.2) is 0 Å². The fourth-order valence-electron chi connectivity index (χ4n) is 1.96. The molecule has 122 valence electrons. The van der Waals surface area contributed by atoms with E-state index in [1.807, 2.05) is 55.5 Å². The number of hydrogen-bond donors (Lipinski definition) is 1. The summed E-state index contributed by atoms with van der Waals surface area (Å²) in [6.45, 7) is 4.76. The van der Waals surface area contributed by atoms with Crippen LogP contribution in [-0.4, -0.2) is 24.9 Å². The Hall–Kier alpha value is -2.14. The standard InChI is InChI=1S/C18H21NO3S/c1-3-21-16-6-8-17(9-7-16)22-12-13-23-18-10-4-15(5-11-18)19-14(2)20/h4-11H,3,12-13H2,1-2H3,(H,19,20). The lowest BCUT2D eigenvalue weighted by Gasteiger charge is -2.08. The van der Waals surface area contributed by atoms with Gasteiger partial charge in [0.05, 0.1) is 13.2 Å². The number of carbonyl (C=O) groups excluding carboxylic acids is 1. The molecule has 2 aromatic rings. The van der Waals surface area contributed by atoms with Crippen molar-refractivity contribution in [2.75, 3.05) is 24.3 Å². The van der Waals surface area contributed by atoms with E-state index in [9.17, 15) is 4.79 Å². The summed E-state index contributed by atoms with van der Waals surface area (Å²) in [7, 11) is 0. The molecule has 0 unspecified atom stereocenters. The van der Waals surface area contributed by atoms with Gasteiger partial charge in [0.25, 0.3) is 0 Å². The maximum absolute atomic E-state index is 11.0. The molecular weight excluding hydrogens is 310 g/mol. The van der Waals surface area contributed by atoms with E-state index in [2.05, 4.69) is 5.32 Å². The van der Waals surface area contributed by atoms with Crippen molar-refractivity contribution < 1.29 is 14.3 Å². The van der Waals surface area contributed by atoms with Crippen LogP contribution in [0.15, 0.2) is 53.4 Å². The Labute approximate surface area is 141 Å². The van der Waals surface area contributed by atoms with Crippen LogP contribution in [0.4, 0.5) is 5.69 Å². The van der Waals surface area contributed by atoms with Crippen molar-refractivity contribution in [2.45, 2.75) is 18.7 Å². The zero-order valence-electron chi connectivity index (χ0n) is 13.4. The summed E-state index contributed by atoms with van der Waals surface area (Å²) in [5, 5.41) is 2.75. The molecule has 1 N–H and O–H groups in total. The van der Waals surface area contributed by atoms with Crippen LogP contribution < -0.4 is 14.8 Å². The minimum Gasteiger partial charge on any atom is -0.494 e. The summed E-state index contributed by atoms with van der Waals surface area (Å²) in [4.78, 5) is 12.1. The molecule has 0 aromatic heterocycles. The third-order valence-electron chi connectivity index (χ3n) is 2.93. The van der Waals surface area contributed by atoms with Gasteiger partial charge in [-0.2, -0.15) is 0 Å². The highest BCUT2D eigenvalue weighted by molar-refractivity contribution is 7.99. The first-order valence-corrected chi connectivity index (χ1v) is 8.52. The van der Waals surface area contributed by atoms with Gasteiger partial charge in [0.2, 0.25) is 5.91 Å². The van der Waals surface area contributed by atoms with Crippen molar-refractivity contribution in [3.63, 3.8) is 0 Å². The predicted molar refractivity (Wildman–Crippen MR) is 94.6 cm³/mol. The molecule has 0 aliphatic rings. The van der Waals surface area contributed by atoms with E-state index in [1.165, 1.54) is 6.92 Å². The molecule has 23 heavy (non-hydrogen) atoms. The average molecular weight is 331 g/mol. The zero-order chi connectivity index (χ0) is 16.5. The maximum Gasteiger partial charge on any atom is 0.221 e. The molecule has 1 amide bonds. The second-order valence-electron chi connectivity index (χ2n) is 4.81. The largest absolute Gasteiger partial charge is 0.494 e. The molecule has 2 aromatic carbocycles. The highest BCUT2D eigenvalue weighted by Gasteiger charge is 1.99. The molecule has 5 heteroatoms. The molecule has 2 rings (SSSR count). The van der Waals surface area contributed by atoms with E-state index in [-0.39, 0.29) is 5.91 Å². The van der Waals surface area contributed by atoms with Crippen molar-refractivity contribution in [2.24, 2.45) is 0 Å². The number of nitrogens with one attached hydrogen (secondary N) is 1. The van der Waals surface area contributed by atoms with Gasteiger partial charge in [-0.3, -0.25) is 4.79 Å². The first kappa shape index (κ1) is 17.2. The Morgan fingerprint density at radius 3 is 2.17 bits per heavy atom. The number of hydrogen-bond acceptors (Lipinski definition) is 4. The van der Waals surface area contributed by atoms with Crippen molar-refractivity contribution >= 4 is 23.4 Å². The average Bonchev–Trinajstić information content (AvgIpc) is 2.54. The highest BCUT2D eigenvalue weighted by Crippen LogP contribution is 2.21. The molecule has 0 saturated heterocycles. The smallest absolute Gasteiger partial charge is 0.221 e. The van der Waals surface area contributed by atoms with Crippen LogP contribution in [0.5, 0.6) is 11.5 Å². The van der Waals surface area contributed by atoms with Gasteiger partial charge in [-0.05, 0) is 55.5 Å². The summed E-state index contributed by atoms with van der Waals surface area (Å²) < 4.78 is 11.1. The first-order chi connectivity index (χ1) is 11.2. The number of benzene rings is 2. The summed E-state index contributed by atoms with van der Waals surface area (Å²) in [6, 6.07) is 15.4. The fraction of sp³-hybridized carbons (Fsp3) is 0.278. The molecule has 0 aliphatic heterocycles. The number of amides is 1. The quantitative estimate of drug-likeness (QED) is 0.581. The molecule has 4 nitrogen and oxygen atoms in total. The van der Waals surface area contributed by atoms with E-state index < -0.39 is 0 Å². The van der Waals surface area contributed by atoms with Crippen molar-refractivity contribution in [3.05, 3.63) is 48.5 Å². The van der Waals surface area contributed by atoms with Crippen LogP contribution in [0.25, 0.3) is 0 Å². The summed E-state index contributed by atoms with van der Waals surface area (Å²) in [5.74, 6) is 2.49. The summed E-state index contributed by atoms with van der Waals surface area (Å²) >= 11 is 1.72. The molecule has 0 radical (unpaired) electrons. The molecule has 0 bridgehead atoms. The van der Waals surface area contributed by atoms with Gasteiger partial charge in [-0.15, -0.1) is 11.8 Å². The van der Waals surface area contributed by atoms with Gasteiger partial charge in [-0.1, -0.05) is 0 Å². The lowest BCUT2D eigenvalue weighted by atomic mass is 10.3. The first-order valence-electron chi connectivity index (χ1n) is 7.53. The van der Waals surface area contributed by atoms with Crippen molar-refractivity contribution in [1.82, 2.24) is 0 Å². The number of carbonyl (C=O) groups is 1. The Kier molecular flexibility index (Phi) is 6.81. The third kappa shape index (κ3) is 6.24. The van der Waals surface area contributed by atoms with Gasteiger partial charge >= 0.3 is 0 Å². The van der Waals surface area contributed by atoms with Crippen LogP contribution >= 0.6 is 11.8 Å². The van der Waals surface area contributed by atoms with Crippen LogP contribution in [0.1, 0.15) is 13.8 Å². The molecule has 0 saturated carbocycles. The summed E-state index contributed by atoms with van der Waals surface area (Å²) in [6.07, 6.45) is 0. The molecule has 0 atom stereocenters. The normalized spacial score (nSPS) is 10.2.